The molecule has 0 aliphatic rings. The van der Waals surface area contributed by atoms with Crippen LogP contribution in [0.25, 0.3) is 0 Å². The van der Waals surface area contributed by atoms with Gasteiger partial charge in [0.05, 0.1) is 23.5 Å². The molecule has 21 heavy (non-hydrogen) atoms. The van der Waals surface area contributed by atoms with Gasteiger partial charge in [-0.1, -0.05) is 0 Å². The maximum atomic E-state index is 12.8. The van der Waals surface area contributed by atoms with Gasteiger partial charge in [0.1, 0.15) is 0 Å². The average molecular weight is 294 g/mol. The molecule has 0 amide bonds. The summed E-state index contributed by atoms with van der Waals surface area (Å²) in [5, 5.41) is 11.6. The number of halogens is 3. The number of benzene rings is 1. The first kappa shape index (κ1) is 14.9. The van der Waals surface area contributed by atoms with E-state index in [1.807, 2.05) is 10.8 Å². The predicted octanol–water partition coefficient (Wildman–Crippen LogP) is 3.28. The zero-order valence-electron chi connectivity index (χ0n) is 11.1. The first-order valence-electron chi connectivity index (χ1n) is 6.31. The highest BCUT2D eigenvalue weighted by Crippen LogP contribution is 2.33. The van der Waals surface area contributed by atoms with Crippen molar-refractivity contribution in [3.8, 4) is 6.07 Å². The van der Waals surface area contributed by atoms with Crippen molar-refractivity contribution in [3.63, 3.8) is 0 Å². The molecule has 0 bridgehead atoms. The number of imidazole rings is 1. The molecule has 4 nitrogen and oxygen atoms in total. The van der Waals surface area contributed by atoms with Crippen LogP contribution in [-0.2, 0) is 12.7 Å². The van der Waals surface area contributed by atoms with Crippen LogP contribution in [-0.4, -0.2) is 16.1 Å². The van der Waals surface area contributed by atoms with Gasteiger partial charge in [-0.05, 0) is 24.6 Å². The predicted molar refractivity (Wildman–Crippen MR) is 71.5 cm³/mol. The second-order valence-corrected chi connectivity index (χ2v) is 4.45. The van der Waals surface area contributed by atoms with E-state index in [9.17, 15) is 13.2 Å². The normalized spacial score (nSPS) is 11.1. The van der Waals surface area contributed by atoms with E-state index in [2.05, 4.69) is 10.3 Å². The number of aryl methyl sites for hydroxylation is 1. The molecule has 0 atom stereocenters. The zero-order valence-corrected chi connectivity index (χ0v) is 11.1. The minimum Gasteiger partial charge on any atom is -0.385 e. The summed E-state index contributed by atoms with van der Waals surface area (Å²) in [5.74, 6) is 0. The number of aromatic nitrogens is 2. The summed E-state index contributed by atoms with van der Waals surface area (Å²) >= 11 is 0. The maximum Gasteiger partial charge on any atom is 0.417 e. The van der Waals surface area contributed by atoms with Gasteiger partial charge in [-0.15, -0.1) is 0 Å². The third kappa shape index (κ3) is 3.99. The topological polar surface area (TPSA) is 53.6 Å². The lowest BCUT2D eigenvalue weighted by Gasteiger charge is -2.12. The fraction of sp³-hybridized carbons (Fsp3) is 0.286. The van der Waals surface area contributed by atoms with Crippen molar-refractivity contribution in [1.82, 2.24) is 9.55 Å². The van der Waals surface area contributed by atoms with Gasteiger partial charge in [0.25, 0.3) is 0 Å². The van der Waals surface area contributed by atoms with Gasteiger partial charge in [-0.2, -0.15) is 18.4 Å². The fourth-order valence-corrected chi connectivity index (χ4v) is 1.90. The van der Waals surface area contributed by atoms with Crippen LogP contribution < -0.4 is 5.32 Å². The molecule has 110 valence electrons. The lowest BCUT2D eigenvalue weighted by molar-refractivity contribution is -0.137. The van der Waals surface area contributed by atoms with Crippen molar-refractivity contribution >= 4 is 5.69 Å². The van der Waals surface area contributed by atoms with E-state index < -0.39 is 11.7 Å². The molecule has 1 aromatic heterocycles. The van der Waals surface area contributed by atoms with Crippen LogP contribution in [0.1, 0.15) is 17.5 Å². The molecule has 0 spiro atoms. The van der Waals surface area contributed by atoms with Gasteiger partial charge < -0.3 is 9.88 Å². The van der Waals surface area contributed by atoms with Gasteiger partial charge >= 0.3 is 6.18 Å². The van der Waals surface area contributed by atoms with Crippen LogP contribution in [0.5, 0.6) is 0 Å². The van der Waals surface area contributed by atoms with Gasteiger partial charge in [0, 0.05) is 31.2 Å². The highest BCUT2D eigenvalue weighted by Gasteiger charge is 2.33. The number of nitrogens with one attached hydrogen (secondary N) is 1. The molecule has 0 unspecified atom stereocenters. The Balaban J connectivity index is 1.96. The Labute approximate surface area is 119 Å². The van der Waals surface area contributed by atoms with Crippen LogP contribution >= 0.6 is 0 Å². The van der Waals surface area contributed by atoms with E-state index in [1.54, 1.807) is 18.6 Å². The number of hydrogen-bond donors (Lipinski definition) is 1. The summed E-state index contributed by atoms with van der Waals surface area (Å²) in [6, 6.07) is 5.18. The van der Waals surface area contributed by atoms with Crippen molar-refractivity contribution in [2.75, 3.05) is 11.9 Å². The third-order valence-electron chi connectivity index (χ3n) is 2.93. The molecular weight excluding hydrogens is 281 g/mol. The monoisotopic (exact) mass is 294 g/mol. The van der Waals surface area contributed by atoms with Crippen LogP contribution in [0, 0.1) is 11.3 Å². The van der Waals surface area contributed by atoms with E-state index in [-0.39, 0.29) is 5.56 Å². The Hall–Kier alpha value is -2.49. The summed E-state index contributed by atoms with van der Waals surface area (Å²) in [4.78, 5) is 3.90. The Morgan fingerprint density at radius 1 is 1.33 bits per heavy atom. The second kappa shape index (κ2) is 6.31. The molecule has 2 rings (SSSR count). The molecule has 7 heteroatoms. The highest BCUT2D eigenvalue weighted by atomic mass is 19.4. The molecule has 1 heterocycles. The van der Waals surface area contributed by atoms with Gasteiger partial charge in [0.2, 0.25) is 0 Å². The highest BCUT2D eigenvalue weighted by molar-refractivity contribution is 5.53. The van der Waals surface area contributed by atoms with E-state index in [0.717, 1.165) is 19.0 Å². The van der Waals surface area contributed by atoms with Crippen LogP contribution in [0.3, 0.4) is 0 Å². The van der Waals surface area contributed by atoms with Gasteiger partial charge in [-0.25, -0.2) is 4.98 Å². The smallest absolute Gasteiger partial charge is 0.385 e. The first-order chi connectivity index (χ1) is 10.0. The minimum absolute atomic E-state index is 0.354. The summed E-state index contributed by atoms with van der Waals surface area (Å²) < 4.78 is 40.3. The third-order valence-corrected chi connectivity index (χ3v) is 2.93. The number of hydrogen-bond acceptors (Lipinski definition) is 3. The van der Waals surface area contributed by atoms with Crippen molar-refractivity contribution in [3.05, 3.63) is 48.0 Å². The second-order valence-electron chi connectivity index (χ2n) is 4.45. The van der Waals surface area contributed by atoms with E-state index in [4.69, 9.17) is 5.26 Å². The Morgan fingerprint density at radius 2 is 2.14 bits per heavy atom. The first-order valence-corrected chi connectivity index (χ1v) is 6.31. The number of alkyl halides is 3. The number of nitrogens with zero attached hydrogens (tertiary/aromatic N) is 3. The Bertz CT molecular complexity index is 627. The molecule has 2 aromatic rings. The van der Waals surface area contributed by atoms with E-state index in [0.29, 0.717) is 12.2 Å². The summed E-state index contributed by atoms with van der Waals surface area (Å²) in [6.07, 6.45) is 1.40. The molecule has 0 fully saturated rings. The number of rotatable bonds is 5. The number of nitriles is 1. The summed E-state index contributed by atoms with van der Waals surface area (Å²) in [5.41, 5.74) is -0.928. The summed E-state index contributed by atoms with van der Waals surface area (Å²) in [6.45, 7) is 1.26. The fourth-order valence-electron chi connectivity index (χ4n) is 1.90. The lowest BCUT2D eigenvalue weighted by atomic mass is 10.1. The molecule has 0 aliphatic heterocycles. The maximum absolute atomic E-state index is 12.8. The average Bonchev–Trinajstić information content (AvgIpc) is 2.95. The van der Waals surface area contributed by atoms with Crippen molar-refractivity contribution in [1.29, 1.82) is 5.26 Å². The lowest BCUT2D eigenvalue weighted by Crippen LogP contribution is -2.10. The molecule has 1 N–H and O–H groups in total. The number of anilines is 1. The Kier molecular flexibility index (Phi) is 4.48. The van der Waals surface area contributed by atoms with E-state index in [1.165, 1.54) is 12.1 Å². The SMILES string of the molecule is N#Cc1ccc(NCCCn2ccnc2)cc1C(F)(F)F. The Morgan fingerprint density at radius 3 is 2.76 bits per heavy atom. The molecule has 0 aliphatic carbocycles. The van der Waals surface area contributed by atoms with Gasteiger partial charge in [-0.3, -0.25) is 0 Å². The molecular formula is C14H13F3N4. The molecule has 0 saturated carbocycles. The standard InChI is InChI=1S/C14H13F3N4/c15-14(16,17)13-8-12(3-2-11(13)9-18)20-4-1-6-21-7-5-19-10-21/h2-3,5,7-8,10,20H,1,4,6H2. The summed E-state index contributed by atoms with van der Waals surface area (Å²) in [7, 11) is 0. The zero-order chi connectivity index (χ0) is 15.3. The van der Waals surface area contributed by atoms with E-state index >= 15 is 0 Å². The minimum atomic E-state index is -4.53. The van der Waals surface area contributed by atoms with Crippen molar-refractivity contribution < 1.29 is 13.2 Å². The van der Waals surface area contributed by atoms with Crippen LogP contribution in [0.2, 0.25) is 0 Å². The van der Waals surface area contributed by atoms with Crippen molar-refractivity contribution in [2.45, 2.75) is 19.1 Å². The van der Waals surface area contributed by atoms with Crippen molar-refractivity contribution in [2.24, 2.45) is 0 Å². The van der Waals surface area contributed by atoms with Gasteiger partial charge in [0.15, 0.2) is 0 Å². The molecule has 1 aromatic carbocycles. The molecule has 0 radical (unpaired) electrons. The van der Waals surface area contributed by atoms with Crippen LogP contribution in [0.15, 0.2) is 36.9 Å². The van der Waals surface area contributed by atoms with Crippen LogP contribution in [0.4, 0.5) is 18.9 Å². The molecule has 0 saturated heterocycles. The largest absolute Gasteiger partial charge is 0.417 e. The quantitative estimate of drug-likeness (QED) is 0.861.